The topological polar surface area (TPSA) is 26.0 Å². The van der Waals surface area contributed by atoms with E-state index < -0.39 is 0 Å². The second-order valence-corrected chi connectivity index (χ2v) is 4.07. The molecule has 2 heteroatoms. The average molecular weight is 206 g/mol. The standard InChI is InChI=1S/C12H12ClN/c1-2-11(13)9-4-3-8-5-6-12(14)10(8)7-9/h1,3-4,7,11-12H,5-6,14H2. The van der Waals surface area contributed by atoms with Crippen molar-refractivity contribution in [2.45, 2.75) is 24.3 Å². The third kappa shape index (κ3) is 1.52. The van der Waals surface area contributed by atoms with Crippen molar-refractivity contribution in [1.82, 2.24) is 0 Å². The molecule has 0 aromatic heterocycles. The number of hydrogen-bond donors (Lipinski definition) is 1. The smallest absolute Gasteiger partial charge is 0.119 e. The quantitative estimate of drug-likeness (QED) is 0.554. The van der Waals surface area contributed by atoms with Crippen LogP contribution < -0.4 is 5.73 Å². The molecule has 2 rings (SSSR count). The van der Waals surface area contributed by atoms with E-state index in [9.17, 15) is 0 Å². The summed E-state index contributed by atoms with van der Waals surface area (Å²) in [5.74, 6) is 2.51. The lowest BCUT2D eigenvalue weighted by Gasteiger charge is -2.08. The Morgan fingerprint density at radius 3 is 3.07 bits per heavy atom. The third-order valence-corrected chi connectivity index (χ3v) is 3.11. The largest absolute Gasteiger partial charge is 0.324 e. The molecule has 72 valence electrons. The number of terminal acetylenes is 1. The Bertz CT molecular complexity index is 392. The van der Waals surface area contributed by atoms with Gasteiger partial charge in [0.25, 0.3) is 0 Å². The first kappa shape index (κ1) is 9.58. The number of hydrogen-bond acceptors (Lipinski definition) is 1. The monoisotopic (exact) mass is 205 g/mol. The molecule has 0 spiro atoms. The highest BCUT2D eigenvalue weighted by molar-refractivity contribution is 6.22. The van der Waals surface area contributed by atoms with Gasteiger partial charge in [0.15, 0.2) is 0 Å². The number of fused-ring (bicyclic) bond motifs is 1. The summed E-state index contributed by atoms with van der Waals surface area (Å²) in [6.45, 7) is 0. The van der Waals surface area contributed by atoms with Crippen LogP contribution in [0.3, 0.4) is 0 Å². The number of alkyl halides is 1. The van der Waals surface area contributed by atoms with E-state index in [0.717, 1.165) is 18.4 Å². The van der Waals surface area contributed by atoms with Crippen molar-refractivity contribution in [3.8, 4) is 12.3 Å². The van der Waals surface area contributed by atoms with E-state index in [4.69, 9.17) is 23.8 Å². The molecule has 0 heterocycles. The highest BCUT2D eigenvalue weighted by Crippen LogP contribution is 2.32. The van der Waals surface area contributed by atoms with Crippen LogP contribution in [0.4, 0.5) is 0 Å². The Morgan fingerprint density at radius 2 is 2.36 bits per heavy atom. The van der Waals surface area contributed by atoms with Crippen LogP contribution in [0.1, 0.15) is 34.5 Å². The molecule has 2 unspecified atom stereocenters. The molecule has 2 N–H and O–H groups in total. The van der Waals surface area contributed by atoms with E-state index in [0.29, 0.717) is 0 Å². The fraction of sp³-hybridized carbons (Fsp3) is 0.333. The lowest BCUT2D eigenvalue weighted by atomic mass is 10.0. The molecule has 1 aliphatic carbocycles. The first-order valence-corrected chi connectivity index (χ1v) is 5.14. The number of nitrogens with two attached hydrogens (primary N) is 1. The SMILES string of the molecule is C#CC(Cl)c1ccc2c(c1)C(N)CC2. The molecule has 1 nitrogen and oxygen atoms in total. The third-order valence-electron chi connectivity index (χ3n) is 2.73. The predicted molar refractivity (Wildman–Crippen MR) is 59.1 cm³/mol. The van der Waals surface area contributed by atoms with Crippen LogP contribution in [0.25, 0.3) is 0 Å². The fourth-order valence-corrected chi connectivity index (χ4v) is 2.04. The van der Waals surface area contributed by atoms with Gasteiger partial charge in [0.1, 0.15) is 5.38 Å². The van der Waals surface area contributed by atoms with E-state index >= 15 is 0 Å². The highest BCUT2D eigenvalue weighted by Gasteiger charge is 2.19. The maximum Gasteiger partial charge on any atom is 0.119 e. The Hall–Kier alpha value is -0.970. The molecule has 0 aliphatic heterocycles. The first-order chi connectivity index (χ1) is 6.72. The molecule has 0 fully saturated rings. The minimum Gasteiger partial charge on any atom is -0.324 e. The van der Waals surface area contributed by atoms with Gasteiger partial charge in [-0.2, -0.15) is 0 Å². The maximum absolute atomic E-state index is 5.96. The van der Waals surface area contributed by atoms with Gasteiger partial charge in [-0.05, 0) is 29.5 Å². The first-order valence-electron chi connectivity index (χ1n) is 4.71. The lowest BCUT2D eigenvalue weighted by Crippen LogP contribution is -2.05. The van der Waals surface area contributed by atoms with Gasteiger partial charge in [0, 0.05) is 6.04 Å². The molecule has 1 aliphatic rings. The molecule has 0 amide bonds. The Morgan fingerprint density at radius 1 is 1.57 bits per heavy atom. The Kier molecular flexibility index (Phi) is 2.50. The molecule has 0 saturated heterocycles. The van der Waals surface area contributed by atoms with Crippen molar-refractivity contribution in [1.29, 1.82) is 0 Å². The van der Waals surface area contributed by atoms with Gasteiger partial charge >= 0.3 is 0 Å². The second kappa shape index (κ2) is 3.65. The van der Waals surface area contributed by atoms with Crippen molar-refractivity contribution in [2.24, 2.45) is 5.73 Å². The molecular formula is C12H12ClN. The van der Waals surface area contributed by atoms with Crippen molar-refractivity contribution in [3.63, 3.8) is 0 Å². The molecular weight excluding hydrogens is 194 g/mol. The van der Waals surface area contributed by atoms with Gasteiger partial charge in [-0.3, -0.25) is 0 Å². The van der Waals surface area contributed by atoms with Crippen LogP contribution in [0.5, 0.6) is 0 Å². The number of rotatable bonds is 1. The number of aryl methyl sites for hydroxylation is 1. The van der Waals surface area contributed by atoms with Crippen LogP contribution in [0.2, 0.25) is 0 Å². The summed E-state index contributed by atoms with van der Waals surface area (Å²) in [4.78, 5) is 0. The van der Waals surface area contributed by atoms with Gasteiger partial charge in [0.05, 0.1) is 0 Å². The summed E-state index contributed by atoms with van der Waals surface area (Å²) in [6, 6.07) is 6.29. The normalized spacial score (nSPS) is 21.4. The highest BCUT2D eigenvalue weighted by atomic mass is 35.5. The Labute approximate surface area is 89.3 Å². The van der Waals surface area contributed by atoms with Gasteiger partial charge < -0.3 is 5.73 Å². The molecule has 1 aromatic rings. The van der Waals surface area contributed by atoms with E-state index in [1.165, 1.54) is 11.1 Å². The predicted octanol–water partition coefficient (Wildman–Crippen LogP) is 2.55. The molecule has 1 aromatic carbocycles. The van der Waals surface area contributed by atoms with Crippen molar-refractivity contribution in [3.05, 3.63) is 34.9 Å². The average Bonchev–Trinajstić information content (AvgIpc) is 2.59. The van der Waals surface area contributed by atoms with Crippen LogP contribution in [-0.2, 0) is 6.42 Å². The zero-order valence-electron chi connectivity index (χ0n) is 7.83. The Balaban J connectivity index is 2.41. The molecule has 2 atom stereocenters. The van der Waals surface area contributed by atoms with Crippen LogP contribution in [0.15, 0.2) is 18.2 Å². The fourth-order valence-electron chi connectivity index (χ4n) is 1.91. The zero-order chi connectivity index (χ0) is 10.1. The van der Waals surface area contributed by atoms with Gasteiger partial charge in [0.2, 0.25) is 0 Å². The minimum atomic E-state index is -0.340. The molecule has 0 radical (unpaired) electrons. The second-order valence-electron chi connectivity index (χ2n) is 3.63. The molecule has 0 bridgehead atoms. The van der Waals surface area contributed by atoms with Gasteiger partial charge in [-0.15, -0.1) is 18.0 Å². The molecule has 14 heavy (non-hydrogen) atoms. The van der Waals surface area contributed by atoms with Crippen LogP contribution in [-0.4, -0.2) is 0 Å². The number of benzene rings is 1. The zero-order valence-corrected chi connectivity index (χ0v) is 8.59. The van der Waals surface area contributed by atoms with Crippen molar-refractivity contribution >= 4 is 11.6 Å². The van der Waals surface area contributed by atoms with Crippen LogP contribution in [0, 0.1) is 12.3 Å². The summed E-state index contributed by atoms with van der Waals surface area (Å²) in [5.41, 5.74) is 9.49. The summed E-state index contributed by atoms with van der Waals surface area (Å²) in [7, 11) is 0. The lowest BCUT2D eigenvalue weighted by molar-refractivity contribution is 0.713. The maximum atomic E-state index is 5.96. The summed E-state index contributed by atoms with van der Waals surface area (Å²) >= 11 is 5.96. The summed E-state index contributed by atoms with van der Waals surface area (Å²) in [6.07, 6.45) is 7.37. The van der Waals surface area contributed by atoms with Crippen LogP contribution >= 0.6 is 11.6 Å². The van der Waals surface area contributed by atoms with Crippen molar-refractivity contribution < 1.29 is 0 Å². The minimum absolute atomic E-state index is 0.159. The van der Waals surface area contributed by atoms with Gasteiger partial charge in [-0.25, -0.2) is 0 Å². The van der Waals surface area contributed by atoms with Gasteiger partial charge in [-0.1, -0.05) is 24.1 Å². The summed E-state index contributed by atoms with van der Waals surface area (Å²) < 4.78 is 0. The van der Waals surface area contributed by atoms with E-state index in [-0.39, 0.29) is 11.4 Å². The van der Waals surface area contributed by atoms with E-state index in [1.54, 1.807) is 0 Å². The molecule has 0 saturated carbocycles. The van der Waals surface area contributed by atoms with E-state index in [1.807, 2.05) is 12.1 Å². The van der Waals surface area contributed by atoms with Crippen molar-refractivity contribution in [2.75, 3.05) is 0 Å². The van der Waals surface area contributed by atoms with E-state index in [2.05, 4.69) is 12.0 Å². The summed E-state index contributed by atoms with van der Waals surface area (Å²) in [5, 5.41) is -0.340. The number of halogens is 1.